The van der Waals surface area contributed by atoms with Crippen molar-refractivity contribution < 1.29 is 30.0 Å². The van der Waals surface area contributed by atoms with Crippen LogP contribution < -0.4 is 9.80 Å². The molecule has 2 aromatic carbocycles. The van der Waals surface area contributed by atoms with E-state index in [1.807, 2.05) is 17.9 Å². The third-order valence-corrected chi connectivity index (χ3v) is 18.8. The van der Waals surface area contributed by atoms with Gasteiger partial charge < -0.3 is 19.6 Å². The van der Waals surface area contributed by atoms with Crippen molar-refractivity contribution >= 4 is 100 Å². The Morgan fingerprint density at radius 3 is 1.51 bits per heavy atom. The van der Waals surface area contributed by atoms with Gasteiger partial charge in [0, 0.05) is 71.9 Å². The molecule has 4 atom stereocenters. The van der Waals surface area contributed by atoms with E-state index < -0.39 is 37.6 Å². The molecule has 6 aromatic rings. The molecule has 420 valence electrons. The van der Waals surface area contributed by atoms with Gasteiger partial charge in [-0.3, -0.25) is 0 Å². The van der Waals surface area contributed by atoms with Gasteiger partial charge in [0.05, 0.1) is 36.0 Å². The van der Waals surface area contributed by atoms with Crippen LogP contribution in [0.1, 0.15) is 87.0 Å². The second-order valence-corrected chi connectivity index (χ2v) is 27.6. The van der Waals surface area contributed by atoms with Gasteiger partial charge >= 0.3 is 6.18 Å². The molecule has 4 fully saturated rings. The molecule has 4 aliphatic heterocycles. The maximum atomic E-state index is 13.9. The number of benzene rings is 2. The van der Waals surface area contributed by atoms with E-state index in [-0.39, 0.29) is 34.4 Å². The fourth-order valence-electron chi connectivity index (χ4n) is 11.3. The molecule has 0 amide bonds. The molecule has 26 heteroatoms. The van der Waals surface area contributed by atoms with E-state index in [1.165, 1.54) is 29.8 Å². The zero-order valence-electron chi connectivity index (χ0n) is 43.7. The van der Waals surface area contributed by atoms with E-state index >= 15 is 0 Å². The number of rotatable bonds is 16. The molecule has 8 heterocycles. The molecule has 0 spiro atoms. The van der Waals surface area contributed by atoms with E-state index in [2.05, 4.69) is 45.9 Å². The molecular weight excluding hydrogens is 1130 g/mol. The lowest BCUT2D eigenvalue weighted by Gasteiger charge is -2.47. The molecule has 4 aliphatic rings. The molecule has 17 nitrogen and oxygen atoms in total. The zero-order valence-corrected chi connectivity index (χ0v) is 48.4. The maximum Gasteiger partial charge on any atom is 0.437 e. The van der Waals surface area contributed by atoms with Crippen molar-refractivity contribution in [1.29, 1.82) is 5.26 Å². The van der Waals surface area contributed by atoms with Crippen LogP contribution in [0.15, 0.2) is 48.8 Å². The number of anilines is 2. The smallest absolute Gasteiger partial charge is 0.355 e. The monoisotopic (exact) mass is 1190 g/mol. The van der Waals surface area contributed by atoms with Crippen LogP contribution in [-0.4, -0.2) is 156 Å². The first kappa shape index (κ1) is 58.1. The zero-order chi connectivity index (χ0) is 55.8. The van der Waals surface area contributed by atoms with E-state index in [0.29, 0.717) is 79.1 Å². The Morgan fingerprint density at radius 1 is 0.654 bits per heavy atom. The Hall–Kier alpha value is -4.60. The van der Waals surface area contributed by atoms with Crippen LogP contribution in [-0.2, 0) is 25.9 Å². The quantitative estimate of drug-likeness (QED) is 0.0889. The Labute approximate surface area is 472 Å². The molecule has 0 radical (unpaired) electrons. The fourth-order valence-corrected chi connectivity index (χ4v) is 13.7. The molecule has 4 unspecified atom stereocenters. The first-order valence-corrected chi connectivity index (χ1v) is 31.7. The minimum Gasteiger partial charge on any atom is -0.355 e. The SMILES string of the molecule is CC(c1ccc(Cl)cc1Cl)n1nc(C#N)c2ncc(N3CC(C4CCCN(CCCS(C)(=O)=O)C4)C3)nc21.CC(c1ccc(Cl)cc1Cl)n1nc(C(F)(F)F)c2ncc(N3CC(C4CCCN(CCCS(C)(=O)=O)C4)C3)nc21. The van der Waals surface area contributed by atoms with Gasteiger partial charge in [0.1, 0.15) is 48.4 Å². The van der Waals surface area contributed by atoms with E-state index in [1.54, 1.807) is 48.1 Å². The summed E-state index contributed by atoms with van der Waals surface area (Å²) in [6.45, 7) is 12.5. The maximum absolute atomic E-state index is 13.9. The molecule has 0 N–H and O–H groups in total. The van der Waals surface area contributed by atoms with E-state index in [0.717, 1.165) is 96.1 Å². The largest absolute Gasteiger partial charge is 0.437 e. The standard InChI is InChI=1S/C26H31Cl2F3N6O2S.C26H31Cl2N7O2S/c1-16(20-7-6-19(27)11-21(20)28)37-25-23(24(34-37)26(29,30)31)32-12-22(33-25)36-14-18(15-36)17-5-3-8-35(13-17)9-4-10-40(2,38)39;1-17(21-7-6-20(27)11-22(21)28)35-26-25(23(12-29)32-35)30-13-24(31-26)34-15-19(16-34)18-5-3-8-33(14-18)9-4-10-38(2,36)37/h6-7,11-12,16-18H,3-5,8-10,13-15H2,1-2H3;6-7,11,13,17-19H,3-5,8-10,14-16H2,1-2H3. The number of hydrogen-bond donors (Lipinski definition) is 0. The van der Waals surface area contributed by atoms with Crippen molar-refractivity contribution in [2.75, 3.05) is 99.3 Å². The lowest BCUT2D eigenvalue weighted by Crippen LogP contribution is -2.54. The summed E-state index contributed by atoms with van der Waals surface area (Å²) in [4.78, 5) is 27.3. The van der Waals surface area contributed by atoms with Crippen LogP contribution >= 0.6 is 46.4 Å². The number of piperidine rings is 2. The molecule has 0 saturated carbocycles. The van der Waals surface area contributed by atoms with Gasteiger partial charge in [-0.1, -0.05) is 58.5 Å². The van der Waals surface area contributed by atoms with Gasteiger partial charge in [-0.15, -0.1) is 0 Å². The first-order chi connectivity index (χ1) is 36.9. The van der Waals surface area contributed by atoms with Crippen LogP contribution in [0.25, 0.3) is 22.3 Å². The molecule has 4 saturated heterocycles. The highest BCUT2D eigenvalue weighted by Crippen LogP contribution is 2.40. The van der Waals surface area contributed by atoms with Crippen molar-refractivity contribution in [3.63, 3.8) is 0 Å². The van der Waals surface area contributed by atoms with Crippen LogP contribution in [0.5, 0.6) is 0 Å². The Bertz CT molecular complexity index is 3420. The fraction of sp³-hybridized carbons (Fsp3) is 0.558. The van der Waals surface area contributed by atoms with Crippen molar-refractivity contribution in [2.45, 2.75) is 70.6 Å². The number of nitrogens with zero attached hydrogens (tertiary/aromatic N) is 13. The molecule has 10 rings (SSSR count). The second kappa shape index (κ2) is 23.9. The number of alkyl halides is 3. The summed E-state index contributed by atoms with van der Waals surface area (Å²) in [7, 11) is -5.88. The van der Waals surface area contributed by atoms with Gasteiger partial charge in [0.15, 0.2) is 22.7 Å². The van der Waals surface area contributed by atoms with E-state index in [9.17, 15) is 35.3 Å². The number of fused-ring (bicyclic) bond motifs is 2. The van der Waals surface area contributed by atoms with Gasteiger partial charge in [-0.05, 0) is 138 Å². The first-order valence-electron chi connectivity index (χ1n) is 26.1. The van der Waals surface area contributed by atoms with Gasteiger partial charge in [-0.2, -0.15) is 28.6 Å². The Morgan fingerprint density at radius 2 is 1.09 bits per heavy atom. The van der Waals surface area contributed by atoms with Crippen molar-refractivity contribution in [2.24, 2.45) is 23.7 Å². The predicted octanol–water partition coefficient (Wildman–Crippen LogP) is 9.54. The number of nitriles is 1. The number of halogens is 7. The summed E-state index contributed by atoms with van der Waals surface area (Å²) in [6.07, 6.45) is 6.82. The topological polar surface area (TPSA) is 192 Å². The highest BCUT2D eigenvalue weighted by molar-refractivity contribution is 7.90. The lowest BCUT2D eigenvalue weighted by molar-refractivity contribution is -0.140. The number of aromatic nitrogens is 8. The third-order valence-electron chi connectivity index (χ3n) is 15.6. The van der Waals surface area contributed by atoms with Crippen molar-refractivity contribution in [3.8, 4) is 6.07 Å². The van der Waals surface area contributed by atoms with Gasteiger partial charge in [0.2, 0.25) is 0 Å². The lowest BCUT2D eigenvalue weighted by atomic mass is 9.80. The Kier molecular flexibility index (Phi) is 17.8. The molecule has 0 bridgehead atoms. The Balaban J connectivity index is 0.000000190. The van der Waals surface area contributed by atoms with Gasteiger partial charge in [0.25, 0.3) is 0 Å². The predicted molar refractivity (Wildman–Crippen MR) is 299 cm³/mol. The normalized spacial score (nSPS) is 20.0. The molecule has 78 heavy (non-hydrogen) atoms. The minimum atomic E-state index is -4.70. The summed E-state index contributed by atoms with van der Waals surface area (Å²) in [6, 6.07) is 11.4. The highest BCUT2D eigenvalue weighted by Gasteiger charge is 2.41. The number of sulfone groups is 2. The van der Waals surface area contributed by atoms with Crippen LogP contribution in [0.3, 0.4) is 0 Å². The highest BCUT2D eigenvalue weighted by atomic mass is 35.5. The summed E-state index contributed by atoms with van der Waals surface area (Å²) < 4.78 is 90.4. The summed E-state index contributed by atoms with van der Waals surface area (Å²) in [5, 5.41) is 19.9. The molecule has 0 aliphatic carbocycles. The van der Waals surface area contributed by atoms with Crippen LogP contribution in [0, 0.1) is 35.0 Å². The van der Waals surface area contributed by atoms with Crippen molar-refractivity contribution in [3.05, 3.63) is 91.4 Å². The van der Waals surface area contributed by atoms with Crippen LogP contribution in [0.4, 0.5) is 24.8 Å². The van der Waals surface area contributed by atoms with Crippen molar-refractivity contribution in [1.82, 2.24) is 49.3 Å². The number of hydrogen-bond acceptors (Lipinski definition) is 15. The third kappa shape index (κ3) is 13.6. The second-order valence-electron chi connectivity index (χ2n) is 21.4. The average Bonchev–Trinajstić information content (AvgIpc) is 4.14. The minimum absolute atomic E-state index is 0.0431. The van der Waals surface area contributed by atoms with Crippen LogP contribution in [0.2, 0.25) is 20.1 Å². The van der Waals surface area contributed by atoms with Gasteiger partial charge in [-0.25, -0.2) is 46.1 Å². The van der Waals surface area contributed by atoms with E-state index in [4.69, 9.17) is 51.4 Å². The molecule has 4 aromatic heterocycles. The number of likely N-dealkylation sites (tertiary alicyclic amines) is 2. The average molecular weight is 1200 g/mol. The molecular formula is C52H62Cl4F3N13O4S2. The summed E-state index contributed by atoms with van der Waals surface area (Å²) in [5.74, 6) is 3.80. The summed E-state index contributed by atoms with van der Waals surface area (Å²) in [5.41, 5.74) is 1.31. The summed E-state index contributed by atoms with van der Waals surface area (Å²) >= 11 is 24.9.